The van der Waals surface area contributed by atoms with Gasteiger partial charge in [0.2, 0.25) is 0 Å². The smallest absolute Gasteiger partial charge is 0.293 e. The first-order chi connectivity index (χ1) is 8.58. The highest BCUT2D eigenvalue weighted by atomic mass is 35.5. The molecule has 0 saturated heterocycles. The zero-order valence-corrected chi connectivity index (χ0v) is 11.3. The van der Waals surface area contributed by atoms with Crippen molar-refractivity contribution in [1.82, 2.24) is 0 Å². The van der Waals surface area contributed by atoms with Crippen LogP contribution >= 0.6 is 23.2 Å². The molecule has 2 rings (SSSR count). The lowest BCUT2D eigenvalue weighted by atomic mass is 10.1. The van der Waals surface area contributed by atoms with Crippen LogP contribution in [0.15, 0.2) is 12.1 Å². The van der Waals surface area contributed by atoms with Gasteiger partial charge in [-0.3, -0.25) is 10.1 Å². The lowest BCUT2D eigenvalue weighted by molar-refractivity contribution is -0.383. The van der Waals surface area contributed by atoms with E-state index in [2.05, 4.69) is 5.32 Å². The molecule has 0 amide bonds. The molecule has 18 heavy (non-hydrogen) atoms. The Morgan fingerprint density at radius 3 is 2.50 bits per heavy atom. The third-order valence-corrected chi connectivity index (χ3v) is 4.01. The van der Waals surface area contributed by atoms with Crippen LogP contribution in [-0.2, 0) is 0 Å². The van der Waals surface area contributed by atoms with Crippen molar-refractivity contribution in [2.75, 3.05) is 11.9 Å². The number of nitrogens with zero attached hydrogens (tertiary/aromatic N) is 1. The number of nitro groups is 1. The topological polar surface area (TPSA) is 55.2 Å². The summed E-state index contributed by atoms with van der Waals surface area (Å²) in [5, 5.41) is 14.6. The molecular formula is C12H14Cl2N2O2. The molecule has 1 aromatic carbocycles. The summed E-state index contributed by atoms with van der Waals surface area (Å²) in [5.74, 6) is 0.596. The van der Waals surface area contributed by atoms with Gasteiger partial charge in [-0.15, -0.1) is 0 Å². The molecule has 1 N–H and O–H groups in total. The van der Waals surface area contributed by atoms with Crippen molar-refractivity contribution >= 4 is 34.6 Å². The zero-order chi connectivity index (χ0) is 13.1. The third kappa shape index (κ3) is 3.06. The van der Waals surface area contributed by atoms with E-state index in [0.29, 0.717) is 16.6 Å². The van der Waals surface area contributed by atoms with Gasteiger partial charge >= 0.3 is 0 Å². The second-order valence-electron chi connectivity index (χ2n) is 4.57. The monoisotopic (exact) mass is 288 g/mol. The molecule has 0 radical (unpaired) electrons. The Labute approximate surface area is 115 Å². The van der Waals surface area contributed by atoms with E-state index in [-0.39, 0.29) is 10.7 Å². The predicted molar refractivity (Wildman–Crippen MR) is 73.6 cm³/mol. The molecule has 0 aliphatic heterocycles. The highest BCUT2D eigenvalue weighted by Crippen LogP contribution is 2.34. The Hall–Kier alpha value is -1.00. The molecule has 0 heterocycles. The van der Waals surface area contributed by atoms with Crippen LogP contribution < -0.4 is 5.32 Å². The van der Waals surface area contributed by atoms with Crippen molar-refractivity contribution < 1.29 is 4.92 Å². The van der Waals surface area contributed by atoms with Crippen LogP contribution in [0.5, 0.6) is 0 Å². The van der Waals surface area contributed by atoms with E-state index in [4.69, 9.17) is 23.2 Å². The van der Waals surface area contributed by atoms with Crippen molar-refractivity contribution in [3.8, 4) is 0 Å². The predicted octanol–water partition coefficient (Wildman–Crippen LogP) is 4.50. The molecule has 98 valence electrons. The van der Waals surface area contributed by atoms with Crippen molar-refractivity contribution in [2.45, 2.75) is 25.7 Å². The molecule has 0 unspecified atom stereocenters. The van der Waals surface area contributed by atoms with Gasteiger partial charge in [-0.25, -0.2) is 0 Å². The highest BCUT2D eigenvalue weighted by Gasteiger charge is 2.19. The second-order valence-corrected chi connectivity index (χ2v) is 5.39. The fraction of sp³-hybridized carbons (Fsp3) is 0.500. The maximum absolute atomic E-state index is 10.9. The number of nitrogens with one attached hydrogen (secondary N) is 1. The Balaban J connectivity index is 2.14. The molecule has 0 bridgehead atoms. The molecule has 1 saturated carbocycles. The lowest BCUT2D eigenvalue weighted by Crippen LogP contribution is -2.12. The standard InChI is InChI=1S/C12H14Cl2N2O2/c13-9-5-11(12(16(17)18)6-10(9)14)15-7-8-3-1-2-4-8/h5-6,8,15H,1-4,7H2. The van der Waals surface area contributed by atoms with E-state index < -0.39 is 4.92 Å². The molecular weight excluding hydrogens is 275 g/mol. The summed E-state index contributed by atoms with van der Waals surface area (Å²) in [6, 6.07) is 2.82. The first-order valence-electron chi connectivity index (χ1n) is 5.95. The fourth-order valence-electron chi connectivity index (χ4n) is 2.30. The van der Waals surface area contributed by atoms with Crippen molar-refractivity contribution in [3.63, 3.8) is 0 Å². The second kappa shape index (κ2) is 5.76. The zero-order valence-electron chi connectivity index (χ0n) is 9.79. The molecule has 1 aliphatic rings. The Morgan fingerprint density at radius 1 is 1.28 bits per heavy atom. The molecule has 1 aliphatic carbocycles. The normalized spacial score (nSPS) is 15.9. The van der Waals surface area contributed by atoms with Crippen LogP contribution in [0.4, 0.5) is 11.4 Å². The summed E-state index contributed by atoms with van der Waals surface area (Å²) in [6.07, 6.45) is 4.86. The average molecular weight is 289 g/mol. The van der Waals surface area contributed by atoms with Gasteiger partial charge in [-0.05, 0) is 24.8 Å². The van der Waals surface area contributed by atoms with Crippen molar-refractivity contribution in [2.24, 2.45) is 5.92 Å². The summed E-state index contributed by atoms with van der Waals surface area (Å²) in [5.41, 5.74) is 0.420. The van der Waals surface area contributed by atoms with Gasteiger partial charge < -0.3 is 5.32 Å². The first-order valence-corrected chi connectivity index (χ1v) is 6.71. The molecule has 6 heteroatoms. The Kier molecular flexibility index (Phi) is 4.30. The highest BCUT2D eigenvalue weighted by molar-refractivity contribution is 6.42. The molecule has 1 aromatic rings. The van der Waals surface area contributed by atoms with E-state index in [9.17, 15) is 10.1 Å². The summed E-state index contributed by atoms with van der Waals surface area (Å²) in [6.45, 7) is 0.749. The van der Waals surface area contributed by atoms with E-state index >= 15 is 0 Å². The molecule has 0 atom stereocenters. The van der Waals surface area contributed by atoms with Crippen LogP contribution in [0.1, 0.15) is 25.7 Å². The van der Waals surface area contributed by atoms with Gasteiger partial charge in [0, 0.05) is 12.6 Å². The minimum absolute atomic E-state index is 0.0256. The quantitative estimate of drug-likeness (QED) is 0.655. The largest absolute Gasteiger partial charge is 0.379 e. The van der Waals surface area contributed by atoms with E-state index in [1.54, 1.807) is 0 Å². The van der Waals surface area contributed by atoms with Crippen LogP contribution in [0.3, 0.4) is 0 Å². The van der Waals surface area contributed by atoms with E-state index in [1.807, 2.05) is 0 Å². The Morgan fingerprint density at radius 2 is 1.89 bits per heavy atom. The third-order valence-electron chi connectivity index (χ3n) is 3.29. The number of rotatable bonds is 4. The number of halogens is 2. The summed E-state index contributed by atoms with van der Waals surface area (Å²) < 4.78 is 0. The number of anilines is 1. The number of hydrogen-bond donors (Lipinski definition) is 1. The Bertz CT molecular complexity index is 460. The van der Waals surface area contributed by atoms with Crippen molar-refractivity contribution in [3.05, 3.63) is 32.3 Å². The van der Waals surface area contributed by atoms with Gasteiger partial charge in [-0.2, -0.15) is 0 Å². The maximum Gasteiger partial charge on any atom is 0.293 e. The summed E-state index contributed by atoms with van der Waals surface area (Å²) in [4.78, 5) is 10.5. The van der Waals surface area contributed by atoms with E-state index in [1.165, 1.54) is 37.8 Å². The molecule has 1 fully saturated rings. The lowest BCUT2D eigenvalue weighted by Gasteiger charge is -2.12. The van der Waals surface area contributed by atoms with E-state index in [0.717, 1.165) is 6.54 Å². The van der Waals surface area contributed by atoms with Gasteiger partial charge in [0.05, 0.1) is 15.0 Å². The van der Waals surface area contributed by atoms with Gasteiger partial charge in [0.25, 0.3) is 5.69 Å². The van der Waals surface area contributed by atoms with Crippen molar-refractivity contribution in [1.29, 1.82) is 0 Å². The van der Waals surface area contributed by atoms with Crippen LogP contribution in [0.25, 0.3) is 0 Å². The molecule has 0 spiro atoms. The minimum Gasteiger partial charge on any atom is -0.379 e. The number of nitro benzene ring substituents is 1. The molecule has 0 aromatic heterocycles. The average Bonchev–Trinajstić information content (AvgIpc) is 2.83. The summed E-state index contributed by atoms with van der Waals surface area (Å²) >= 11 is 11.7. The number of hydrogen-bond acceptors (Lipinski definition) is 3. The first kappa shape index (κ1) is 13.4. The summed E-state index contributed by atoms with van der Waals surface area (Å²) in [7, 11) is 0. The van der Waals surface area contributed by atoms with Crippen LogP contribution in [0, 0.1) is 16.0 Å². The van der Waals surface area contributed by atoms with Crippen LogP contribution in [-0.4, -0.2) is 11.5 Å². The molecule has 4 nitrogen and oxygen atoms in total. The van der Waals surface area contributed by atoms with Gasteiger partial charge in [0.1, 0.15) is 5.69 Å². The van der Waals surface area contributed by atoms with Crippen LogP contribution in [0.2, 0.25) is 10.0 Å². The minimum atomic E-state index is -0.445. The van der Waals surface area contributed by atoms with Gasteiger partial charge in [-0.1, -0.05) is 36.0 Å². The SMILES string of the molecule is O=[N+]([O-])c1cc(Cl)c(Cl)cc1NCC1CCCC1. The number of benzene rings is 1. The maximum atomic E-state index is 10.9. The van der Waals surface area contributed by atoms with Gasteiger partial charge in [0.15, 0.2) is 0 Å². The fourth-order valence-corrected chi connectivity index (χ4v) is 2.62.